The molecule has 0 N–H and O–H groups in total. The van der Waals surface area contributed by atoms with E-state index in [-0.39, 0.29) is 23.6 Å². The van der Waals surface area contributed by atoms with E-state index in [1.165, 1.54) is 0 Å². The van der Waals surface area contributed by atoms with Gasteiger partial charge in [0.15, 0.2) is 28.8 Å². The van der Waals surface area contributed by atoms with E-state index in [0.717, 1.165) is 30.5 Å². The van der Waals surface area contributed by atoms with E-state index in [1.807, 2.05) is 11.0 Å². The van der Waals surface area contributed by atoms with Crippen LogP contribution in [0.2, 0.25) is 0 Å². The number of carbonyl (C=O) groups excluding carboxylic acids is 1. The fourth-order valence-electron chi connectivity index (χ4n) is 5.38. The van der Waals surface area contributed by atoms with E-state index in [2.05, 4.69) is 15.2 Å². The van der Waals surface area contributed by atoms with Crippen LogP contribution in [0.25, 0.3) is 22.3 Å². The number of aryl methyl sites for hydroxylation is 2. The van der Waals surface area contributed by atoms with Crippen molar-refractivity contribution in [3.05, 3.63) is 64.9 Å². The summed E-state index contributed by atoms with van der Waals surface area (Å²) in [7, 11) is 3.44. The van der Waals surface area contributed by atoms with Gasteiger partial charge in [-0.2, -0.15) is 10.2 Å². The minimum Gasteiger partial charge on any atom is -0.325 e. The smallest absolute Gasteiger partial charge is 0.275 e. The molecule has 33 heavy (non-hydrogen) atoms. The molecule has 2 bridgehead atoms. The van der Waals surface area contributed by atoms with Crippen LogP contribution in [0, 0.1) is 17.5 Å². The highest BCUT2D eigenvalue weighted by molar-refractivity contribution is 6.04. The zero-order valence-electron chi connectivity index (χ0n) is 17.9. The maximum atomic E-state index is 13.9. The lowest BCUT2D eigenvalue weighted by Gasteiger charge is -2.34. The van der Waals surface area contributed by atoms with Crippen LogP contribution < -0.4 is 0 Å². The number of fused-ring (bicyclic) bond motifs is 5. The van der Waals surface area contributed by atoms with E-state index in [0.29, 0.717) is 34.5 Å². The average Bonchev–Trinajstić information content (AvgIpc) is 3.43. The number of amides is 1. The standard InChI is InChI=1S/C23H19F3N6O/c1-30-21(11-8-15(24)18(26)16(25)9-11)14-10-12-5-6-17(19(14)28-30)32(12)23(33)20-13-4-3-7-27-22(13)31(2)29-20/h3-4,7-9,12,17H,5-6,10H2,1-2H3/t12-,17+/m0/s1. The number of benzene rings is 1. The van der Waals surface area contributed by atoms with E-state index in [1.54, 1.807) is 35.7 Å². The molecule has 4 aromatic rings. The van der Waals surface area contributed by atoms with Crippen molar-refractivity contribution in [3.8, 4) is 11.3 Å². The Morgan fingerprint density at radius 2 is 1.82 bits per heavy atom. The third kappa shape index (κ3) is 2.76. The van der Waals surface area contributed by atoms with Crippen LogP contribution in [-0.2, 0) is 20.5 Å². The second kappa shape index (κ2) is 6.90. The predicted molar refractivity (Wildman–Crippen MR) is 113 cm³/mol. The highest BCUT2D eigenvalue weighted by atomic mass is 19.2. The predicted octanol–water partition coefficient (Wildman–Crippen LogP) is 3.69. The van der Waals surface area contributed by atoms with Gasteiger partial charge in [-0.05, 0) is 43.5 Å². The van der Waals surface area contributed by atoms with E-state index >= 15 is 0 Å². The molecular formula is C23H19F3N6O. The van der Waals surface area contributed by atoms with Crippen molar-refractivity contribution in [2.75, 3.05) is 0 Å². The molecule has 5 heterocycles. The monoisotopic (exact) mass is 452 g/mol. The number of rotatable bonds is 2. The molecule has 2 aliphatic rings. The van der Waals surface area contributed by atoms with Gasteiger partial charge < -0.3 is 4.90 Å². The third-order valence-corrected chi connectivity index (χ3v) is 6.73. The molecule has 7 nitrogen and oxygen atoms in total. The molecule has 0 spiro atoms. The van der Waals surface area contributed by atoms with Crippen molar-refractivity contribution >= 4 is 16.9 Å². The molecule has 0 saturated carbocycles. The fraction of sp³-hybridized carbons (Fsp3) is 0.304. The van der Waals surface area contributed by atoms with Crippen LogP contribution in [0.3, 0.4) is 0 Å². The Labute approximate surface area is 186 Å². The van der Waals surface area contributed by atoms with Gasteiger partial charge in [-0.25, -0.2) is 22.8 Å². The average molecular weight is 452 g/mol. The zero-order chi connectivity index (χ0) is 23.0. The zero-order valence-corrected chi connectivity index (χ0v) is 17.9. The molecule has 168 valence electrons. The summed E-state index contributed by atoms with van der Waals surface area (Å²) in [6.07, 6.45) is 3.66. The largest absolute Gasteiger partial charge is 0.325 e. The molecular weight excluding hydrogens is 433 g/mol. The number of hydrogen-bond donors (Lipinski definition) is 0. The lowest BCUT2D eigenvalue weighted by molar-refractivity contribution is 0.0637. The number of nitrogens with zero attached hydrogens (tertiary/aromatic N) is 6. The SMILES string of the molecule is Cn1nc2c(c1-c1cc(F)c(F)c(F)c1)C[C@@H]1CC[C@H]2N1C(=O)c1nn(C)c2ncccc12. The summed E-state index contributed by atoms with van der Waals surface area (Å²) < 4.78 is 44.5. The first-order chi connectivity index (χ1) is 15.8. The summed E-state index contributed by atoms with van der Waals surface area (Å²) in [5.41, 5.74) is 3.29. The van der Waals surface area contributed by atoms with Crippen molar-refractivity contribution in [1.29, 1.82) is 0 Å². The molecule has 0 aliphatic carbocycles. The van der Waals surface area contributed by atoms with Crippen LogP contribution in [-0.4, -0.2) is 41.4 Å². The Kier molecular flexibility index (Phi) is 4.17. The molecule has 1 fully saturated rings. The number of pyridine rings is 1. The van der Waals surface area contributed by atoms with E-state index in [9.17, 15) is 18.0 Å². The number of hydrogen-bond acceptors (Lipinski definition) is 4. The molecule has 3 aromatic heterocycles. The molecule has 6 rings (SSSR count). The quantitative estimate of drug-likeness (QED) is 0.435. The number of halogens is 3. The molecule has 0 radical (unpaired) electrons. The molecule has 2 atom stereocenters. The molecule has 10 heteroatoms. The third-order valence-electron chi connectivity index (χ3n) is 6.73. The first kappa shape index (κ1) is 20.0. The van der Waals surface area contributed by atoms with Crippen LogP contribution >= 0.6 is 0 Å². The lowest BCUT2D eigenvalue weighted by Crippen LogP contribution is -2.42. The van der Waals surface area contributed by atoms with Crippen LogP contribution in [0.5, 0.6) is 0 Å². The van der Waals surface area contributed by atoms with Crippen molar-refractivity contribution in [3.63, 3.8) is 0 Å². The van der Waals surface area contributed by atoms with Crippen molar-refractivity contribution in [1.82, 2.24) is 29.4 Å². The molecule has 1 saturated heterocycles. The molecule has 1 aromatic carbocycles. The van der Waals surface area contributed by atoms with Crippen molar-refractivity contribution < 1.29 is 18.0 Å². The summed E-state index contributed by atoms with van der Waals surface area (Å²) in [5.74, 6) is -4.17. The first-order valence-corrected chi connectivity index (χ1v) is 10.7. The van der Waals surface area contributed by atoms with Crippen LogP contribution in [0.15, 0.2) is 30.5 Å². The minimum atomic E-state index is -1.50. The van der Waals surface area contributed by atoms with E-state index in [4.69, 9.17) is 0 Å². The highest BCUT2D eigenvalue weighted by Gasteiger charge is 2.46. The highest BCUT2D eigenvalue weighted by Crippen LogP contribution is 2.47. The number of carbonyl (C=O) groups is 1. The van der Waals surface area contributed by atoms with Crippen LogP contribution in [0.4, 0.5) is 13.2 Å². The first-order valence-electron chi connectivity index (χ1n) is 10.7. The van der Waals surface area contributed by atoms with Gasteiger partial charge >= 0.3 is 0 Å². The second-order valence-electron chi connectivity index (χ2n) is 8.60. The molecule has 1 amide bonds. The van der Waals surface area contributed by atoms with Gasteiger partial charge in [0.25, 0.3) is 5.91 Å². The minimum absolute atomic E-state index is 0.0955. The lowest BCUT2D eigenvalue weighted by atomic mass is 9.94. The summed E-state index contributed by atoms with van der Waals surface area (Å²) in [4.78, 5) is 19.8. The number of aromatic nitrogens is 5. The second-order valence-corrected chi connectivity index (χ2v) is 8.60. The van der Waals surface area contributed by atoms with Gasteiger partial charge in [-0.15, -0.1) is 0 Å². The van der Waals surface area contributed by atoms with Gasteiger partial charge in [0.05, 0.1) is 22.8 Å². The Morgan fingerprint density at radius 3 is 2.58 bits per heavy atom. The summed E-state index contributed by atoms with van der Waals surface area (Å²) in [5, 5.41) is 9.75. The normalized spacial score (nSPS) is 19.4. The van der Waals surface area contributed by atoms with Crippen molar-refractivity contribution in [2.45, 2.75) is 31.3 Å². The Hall–Kier alpha value is -3.69. The fourth-order valence-corrected chi connectivity index (χ4v) is 5.38. The molecule has 2 aliphatic heterocycles. The summed E-state index contributed by atoms with van der Waals surface area (Å²) in [6.45, 7) is 0. The Balaban J connectivity index is 1.43. The van der Waals surface area contributed by atoms with Crippen LogP contribution in [0.1, 0.15) is 40.6 Å². The van der Waals surface area contributed by atoms with Gasteiger partial charge in [0.2, 0.25) is 0 Å². The maximum Gasteiger partial charge on any atom is 0.275 e. The van der Waals surface area contributed by atoms with Gasteiger partial charge in [-0.1, -0.05) is 0 Å². The molecule has 0 unspecified atom stereocenters. The maximum absolute atomic E-state index is 13.9. The van der Waals surface area contributed by atoms with Crippen molar-refractivity contribution in [2.24, 2.45) is 14.1 Å². The topological polar surface area (TPSA) is 68.8 Å². The van der Waals surface area contributed by atoms with Gasteiger partial charge in [0.1, 0.15) is 0 Å². The Morgan fingerprint density at radius 1 is 1.06 bits per heavy atom. The van der Waals surface area contributed by atoms with E-state index < -0.39 is 17.5 Å². The Bertz CT molecular complexity index is 1440. The summed E-state index contributed by atoms with van der Waals surface area (Å²) >= 11 is 0. The van der Waals surface area contributed by atoms with Gasteiger partial charge in [0, 0.05) is 37.5 Å². The van der Waals surface area contributed by atoms with Gasteiger partial charge in [-0.3, -0.25) is 9.48 Å². The summed E-state index contributed by atoms with van der Waals surface area (Å²) in [6, 6.07) is 5.22.